The third-order valence-corrected chi connectivity index (χ3v) is 8.49. The lowest BCUT2D eigenvalue weighted by Crippen LogP contribution is -2.38. The van der Waals surface area contributed by atoms with Gasteiger partial charge in [0.05, 0.1) is 6.33 Å². The second kappa shape index (κ2) is 11.0. The van der Waals surface area contributed by atoms with Crippen LogP contribution in [0, 0.1) is 0 Å². The molecule has 3 N–H and O–H groups in total. The Kier molecular flexibility index (Phi) is 7.43. The molecule has 0 aromatic carbocycles. The highest BCUT2D eigenvalue weighted by Gasteiger charge is 2.48. The minimum atomic E-state index is -1.24. The van der Waals surface area contributed by atoms with Gasteiger partial charge in [0.1, 0.15) is 12.2 Å². The third-order valence-electron chi connectivity index (χ3n) is 8.49. The van der Waals surface area contributed by atoms with E-state index in [1.807, 2.05) is 0 Å². The van der Waals surface area contributed by atoms with Gasteiger partial charge in [-0.05, 0) is 45.4 Å². The van der Waals surface area contributed by atoms with Crippen molar-refractivity contribution in [3.63, 3.8) is 0 Å². The third kappa shape index (κ3) is 4.98. The number of aliphatic hydroxyl groups excluding tert-OH is 2. The number of aromatic nitrogens is 6. The molecule has 1 aliphatic heterocycles. The van der Waals surface area contributed by atoms with Crippen molar-refractivity contribution < 1.29 is 19.4 Å². The number of aliphatic hydroxyl groups is 2. The van der Waals surface area contributed by atoms with Gasteiger partial charge in [0.2, 0.25) is 17.7 Å². The Hall–Kier alpha value is -2.83. The van der Waals surface area contributed by atoms with Crippen LogP contribution >= 0.6 is 0 Å². The van der Waals surface area contributed by atoms with E-state index in [1.54, 1.807) is 10.9 Å². The van der Waals surface area contributed by atoms with E-state index in [0.717, 1.165) is 45.1 Å². The molecule has 4 heterocycles. The Balaban J connectivity index is 1.37. The summed E-state index contributed by atoms with van der Waals surface area (Å²) in [6.45, 7) is 7.23. The molecular formula is C27H40N8O4. The van der Waals surface area contributed by atoms with Crippen LogP contribution in [-0.4, -0.2) is 70.8 Å². The summed E-state index contributed by atoms with van der Waals surface area (Å²) in [5.74, 6) is 2.33. The molecule has 12 heteroatoms. The van der Waals surface area contributed by atoms with E-state index in [1.165, 1.54) is 19.3 Å². The first-order chi connectivity index (χ1) is 19.0. The standard InChI is InChI=1S/C27H40N8O4/c1-4-16(5-2)29-22-18-23(31-27(30-22)34(6-3)17-10-8-7-9-11-17)35(14-28-18)26-20(37)19(36)21(38-26)25-33-32-24(39-25)15-12-13-15/h14-17,19-21,26,36-37H,4-13H2,1-3H3,(H,29,30,31)/t19-,20+,21-,26+/m0/s1. The number of imidazole rings is 1. The monoisotopic (exact) mass is 540 g/mol. The molecule has 12 nitrogen and oxygen atoms in total. The number of hydrogen-bond acceptors (Lipinski definition) is 11. The van der Waals surface area contributed by atoms with Crippen LogP contribution in [0.2, 0.25) is 0 Å². The number of hydrogen-bond donors (Lipinski definition) is 3. The van der Waals surface area contributed by atoms with Crippen LogP contribution in [0.4, 0.5) is 11.8 Å². The number of rotatable bonds is 10. The van der Waals surface area contributed by atoms with Crippen LogP contribution in [0.5, 0.6) is 0 Å². The van der Waals surface area contributed by atoms with Gasteiger partial charge in [-0.25, -0.2) is 4.98 Å². The van der Waals surface area contributed by atoms with Gasteiger partial charge in [0.25, 0.3) is 0 Å². The predicted octanol–water partition coefficient (Wildman–Crippen LogP) is 3.84. The average Bonchev–Trinajstić information content (AvgIpc) is 3.42. The zero-order valence-electron chi connectivity index (χ0n) is 23.0. The number of nitrogens with one attached hydrogen (secondary N) is 1. The van der Waals surface area contributed by atoms with Gasteiger partial charge in [-0.3, -0.25) is 4.57 Å². The normalized spacial score (nSPS) is 26.1. The first-order valence-electron chi connectivity index (χ1n) is 14.6. The van der Waals surface area contributed by atoms with Crippen LogP contribution in [0.25, 0.3) is 11.2 Å². The van der Waals surface area contributed by atoms with E-state index in [4.69, 9.17) is 19.1 Å². The lowest BCUT2D eigenvalue weighted by Gasteiger charge is -2.34. The first-order valence-corrected chi connectivity index (χ1v) is 14.6. The fraction of sp³-hybridized carbons (Fsp3) is 0.741. The smallest absolute Gasteiger partial charge is 0.248 e. The highest BCUT2D eigenvalue weighted by molar-refractivity contribution is 5.84. The van der Waals surface area contributed by atoms with E-state index >= 15 is 0 Å². The van der Waals surface area contributed by atoms with Crippen molar-refractivity contribution in [2.45, 2.75) is 121 Å². The molecule has 0 spiro atoms. The molecule has 3 fully saturated rings. The average molecular weight is 541 g/mol. The van der Waals surface area contributed by atoms with Gasteiger partial charge >= 0.3 is 0 Å². The maximum absolute atomic E-state index is 11.1. The van der Waals surface area contributed by atoms with Crippen LogP contribution < -0.4 is 10.2 Å². The summed E-state index contributed by atoms with van der Waals surface area (Å²) in [6, 6.07) is 0.625. The zero-order valence-corrected chi connectivity index (χ0v) is 23.0. The van der Waals surface area contributed by atoms with Crippen molar-refractivity contribution in [3.05, 3.63) is 18.1 Å². The first kappa shape index (κ1) is 26.4. The van der Waals surface area contributed by atoms with Crippen molar-refractivity contribution in [3.8, 4) is 0 Å². The van der Waals surface area contributed by atoms with Crippen molar-refractivity contribution in [1.82, 2.24) is 29.7 Å². The molecule has 3 aromatic heterocycles. The van der Waals surface area contributed by atoms with Crippen molar-refractivity contribution in [1.29, 1.82) is 0 Å². The van der Waals surface area contributed by atoms with E-state index < -0.39 is 24.5 Å². The summed E-state index contributed by atoms with van der Waals surface area (Å²) in [5, 5.41) is 33.8. The Bertz CT molecular complexity index is 1270. The van der Waals surface area contributed by atoms with Crippen LogP contribution in [-0.2, 0) is 4.74 Å². The Labute approximate surface area is 228 Å². The quantitative estimate of drug-likeness (QED) is 0.344. The van der Waals surface area contributed by atoms with Gasteiger partial charge in [-0.1, -0.05) is 33.1 Å². The zero-order chi connectivity index (χ0) is 27.1. The van der Waals surface area contributed by atoms with Gasteiger partial charge in [0.15, 0.2) is 29.3 Å². The molecule has 3 aliphatic rings. The van der Waals surface area contributed by atoms with Gasteiger partial charge in [-0.15, -0.1) is 10.2 Å². The molecule has 212 valence electrons. The number of fused-ring (bicyclic) bond motifs is 1. The lowest BCUT2D eigenvalue weighted by molar-refractivity contribution is -0.0439. The maximum Gasteiger partial charge on any atom is 0.248 e. The van der Waals surface area contributed by atoms with E-state index in [-0.39, 0.29) is 17.9 Å². The molecule has 2 saturated carbocycles. The predicted molar refractivity (Wildman–Crippen MR) is 144 cm³/mol. The highest BCUT2D eigenvalue weighted by atomic mass is 16.6. The van der Waals surface area contributed by atoms with Crippen LogP contribution in [0.15, 0.2) is 10.7 Å². The number of ether oxygens (including phenoxy) is 1. The molecule has 0 radical (unpaired) electrons. The Morgan fingerprint density at radius 1 is 1.00 bits per heavy atom. The van der Waals surface area contributed by atoms with E-state index in [2.05, 4.69) is 46.2 Å². The Morgan fingerprint density at radius 3 is 2.44 bits per heavy atom. The number of nitrogens with zero attached hydrogens (tertiary/aromatic N) is 7. The van der Waals surface area contributed by atoms with E-state index in [0.29, 0.717) is 34.9 Å². The molecule has 2 aliphatic carbocycles. The minimum absolute atomic E-state index is 0.177. The van der Waals surface area contributed by atoms with E-state index in [9.17, 15) is 10.2 Å². The van der Waals surface area contributed by atoms with Crippen LogP contribution in [0.3, 0.4) is 0 Å². The minimum Gasteiger partial charge on any atom is -0.422 e. The Morgan fingerprint density at radius 2 is 1.74 bits per heavy atom. The second-order valence-electron chi connectivity index (χ2n) is 11.1. The largest absolute Gasteiger partial charge is 0.422 e. The molecule has 3 aromatic rings. The lowest BCUT2D eigenvalue weighted by atomic mass is 9.94. The molecule has 0 amide bonds. The van der Waals surface area contributed by atoms with Crippen molar-refractivity contribution in [2.75, 3.05) is 16.8 Å². The summed E-state index contributed by atoms with van der Waals surface area (Å²) >= 11 is 0. The molecule has 39 heavy (non-hydrogen) atoms. The van der Waals surface area contributed by atoms with Gasteiger partial charge in [-0.2, -0.15) is 9.97 Å². The van der Waals surface area contributed by atoms with Crippen LogP contribution in [0.1, 0.15) is 109 Å². The SMILES string of the molecule is CCC(CC)Nc1nc(N(CC)C2CCCCC2)nc2c1ncn2[C@@H]1O[C@H](c2nnc(C3CC3)o2)[C@@H](O)[C@H]1O. The van der Waals surface area contributed by atoms with Gasteiger partial charge in [0, 0.05) is 24.5 Å². The topological polar surface area (TPSA) is 147 Å². The molecule has 6 rings (SSSR count). The van der Waals surface area contributed by atoms with Crippen molar-refractivity contribution in [2.24, 2.45) is 0 Å². The fourth-order valence-corrected chi connectivity index (χ4v) is 5.91. The molecule has 4 atom stereocenters. The van der Waals surface area contributed by atoms with Crippen molar-refractivity contribution >= 4 is 22.9 Å². The second-order valence-corrected chi connectivity index (χ2v) is 11.1. The molecular weight excluding hydrogens is 500 g/mol. The maximum atomic E-state index is 11.1. The molecule has 1 saturated heterocycles. The number of anilines is 2. The summed E-state index contributed by atoms with van der Waals surface area (Å²) in [4.78, 5) is 16.9. The summed E-state index contributed by atoms with van der Waals surface area (Å²) in [5.41, 5.74) is 1.15. The van der Waals surface area contributed by atoms with Gasteiger partial charge < -0.3 is 29.6 Å². The summed E-state index contributed by atoms with van der Waals surface area (Å²) in [7, 11) is 0. The molecule has 0 bridgehead atoms. The summed E-state index contributed by atoms with van der Waals surface area (Å²) in [6.07, 6.45) is 7.11. The fourth-order valence-electron chi connectivity index (χ4n) is 5.91. The summed E-state index contributed by atoms with van der Waals surface area (Å²) < 4.78 is 13.7. The highest BCUT2D eigenvalue weighted by Crippen LogP contribution is 2.43. The molecule has 0 unspecified atom stereocenters.